The SMILES string of the molecule is O=c1c(Cl)nccn1Cc1ccc2ncccc2c1. The summed E-state index contributed by atoms with van der Waals surface area (Å²) in [6.07, 6.45) is 4.91. The molecule has 0 spiro atoms. The summed E-state index contributed by atoms with van der Waals surface area (Å²) in [6.45, 7) is 0.464. The van der Waals surface area contributed by atoms with Gasteiger partial charge in [0.2, 0.25) is 0 Å². The highest BCUT2D eigenvalue weighted by atomic mass is 35.5. The highest BCUT2D eigenvalue weighted by Crippen LogP contribution is 2.13. The van der Waals surface area contributed by atoms with Crippen LogP contribution in [0.4, 0.5) is 0 Å². The smallest absolute Gasteiger partial charge is 0.288 e. The lowest BCUT2D eigenvalue weighted by Gasteiger charge is -2.06. The fourth-order valence-electron chi connectivity index (χ4n) is 1.97. The third-order valence-electron chi connectivity index (χ3n) is 2.89. The van der Waals surface area contributed by atoms with Gasteiger partial charge in [-0.05, 0) is 23.8 Å². The topological polar surface area (TPSA) is 47.8 Å². The molecule has 2 aromatic heterocycles. The Kier molecular flexibility index (Phi) is 3.01. The first-order chi connectivity index (χ1) is 9.24. The summed E-state index contributed by atoms with van der Waals surface area (Å²) in [7, 11) is 0. The zero-order valence-electron chi connectivity index (χ0n) is 9.95. The van der Waals surface area contributed by atoms with Crippen molar-refractivity contribution in [2.45, 2.75) is 6.54 Å². The highest BCUT2D eigenvalue weighted by Gasteiger charge is 2.03. The van der Waals surface area contributed by atoms with Crippen LogP contribution in [0.25, 0.3) is 10.9 Å². The van der Waals surface area contributed by atoms with Gasteiger partial charge >= 0.3 is 0 Å². The molecular formula is C14H10ClN3O. The van der Waals surface area contributed by atoms with Crippen LogP contribution < -0.4 is 5.56 Å². The van der Waals surface area contributed by atoms with Gasteiger partial charge in [0.1, 0.15) is 0 Å². The second kappa shape index (κ2) is 4.82. The van der Waals surface area contributed by atoms with Crippen LogP contribution in [0.3, 0.4) is 0 Å². The zero-order valence-corrected chi connectivity index (χ0v) is 10.7. The van der Waals surface area contributed by atoms with Crippen LogP contribution in [0.5, 0.6) is 0 Å². The van der Waals surface area contributed by atoms with Crippen molar-refractivity contribution >= 4 is 22.5 Å². The van der Waals surface area contributed by atoms with E-state index in [0.717, 1.165) is 16.5 Å². The Morgan fingerprint density at radius 2 is 2.05 bits per heavy atom. The van der Waals surface area contributed by atoms with Gasteiger partial charge in [0, 0.05) is 24.0 Å². The Hall–Kier alpha value is -2.20. The van der Waals surface area contributed by atoms with Crippen LogP contribution in [0.15, 0.2) is 53.7 Å². The maximum atomic E-state index is 11.8. The molecule has 0 radical (unpaired) electrons. The fourth-order valence-corrected chi connectivity index (χ4v) is 2.13. The number of halogens is 1. The number of fused-ring (bicyclic) bond motifs is 1. The Labute approximate surface area is 114 Å². The summed E-state index contributed by atoms with van der Waals surface area (Å²) in [5.41, 5.74) is 1.67. The molecule has 0 aliphatic carbocycles. The molecule has 3 aromatic rings. The van der Waals surface area contributed by atoms with Crippen LogP contribution in [0, 0.1) is 0 Å². The number of pyridine rings is 1. The van der Waals surface area contributed by atoms with Gasteiger partial charge in [0.25, 0.3) is 5.56 Å². The molecule has 0 atom stereocenters. The molecule has 0 bridgehead atoms. The first kappa shape index (κ1) is 11.9. The Morgan fingerprint density at radius 3 is 2.95 bits per heavy atom. The molecule has 2 heterocycles. The van der Waals surface area contributed by atoms with Gasteiger partial charge in [0.05, 0.1) is 12.1 Å². The summed E-state index contributed by atoms with van der Waals surface area (Å²) < 4.78 is 1.53. The number of hydrogen-bond acceptors (Lipinski definition) is 3. The van der Waals surface area contributed by atoms with Gasteiger partial charge in [-0.25, -0.2) is 4.98 Å². The lowest BCUT2D eigenvalue weighted by atomic mass is 10.1. The lowest BCUT2D eigenvalue weighted by Crippen LogP contribution is -2.21. The maximum absolute atomic E-state index is 11.8. The van der Waals surface area contributed by atoms with E-state index >= 15 is 0 Å². The summed E-state index contributed by atoms with van der Waals surface area (Å²) >= 11 is 5.72. The standard InChI is InChI=1S/C14H10ClN3O/c15-13-14(19)18(7-6-17-13)9-10-3-4-12-11(8-10)2-1-5-16-12/h1-8H,9H2. The summed E-state index contributed by atoms with van der Waals surface area (Å²) in [4.78, 5) is 19.8. The third kappa shape index (κ3) is 2.35. The van der Waals surface area contributed by atoms with Crippen molar-refractivity contribution in [3.63, 3.8) is 0 Å². The fraction of sp³-hybridized carbons (Fsp3) is 0.0714. The van der Waals surface area contributed by atoms with E-state index < -0.39 is 0 Å². The minimum atomic E-state index is -0.282. The molecule has 94 valence electrons. The van der Waals surface area contributed by atoms with Crippen molar-refractivity contribution < 1.29 is 0 Å². The van der Waals surface area contributed by atoms with E-state index in [2.05, 4.69) is 9.97 Å². The summed E-state index contributed by atoms with van der Waals surface area (Å²) in [6, 6.07) is 9.80. The van der Waals surface area contributed by atoms with Gasteiger partial charge in [-0.2, -0.15) is 0 Å². The van der Waals surface area contributed by atoms with Gasteiger partial charge in [-0.15, -0.1) is 0 Å². The second-order valence-corrected chi connectivity index (χ2v) is 4.54. The number of rotatable bonds is 2. The molecule has 0 N–H and O–H groups in total. The lowest BCUT2D eigenvalue weighted by molar-refractivity contribution is 0.749. The third-order valence-corrected chi connectivity index (χ3v) is 3.15. The molecule has 0 amide bonds. The van der Waals surface area contributed by atoms with Crippen molar-refractivity contribution in [2.75, 3.05) is 0 Å². The molecule has 0 aliphatic rings. The van der Waals surface area contributed by atoms with Gasteiger partial charge in [0.15, 0.2) is 5.15 Å². The molecule has 5 heteroatoms. The molecule has 19 heavy (non-hydrogen) atoms. The summed E-state index contributed by atoms with van der Waals surface area (Å²) in [5.74, 6) is 0. The van der Waals surface area contributed by atoms with Crippen molar-refractivity contribution in [2.24, 2.45) is 0 Å². The Balaban J connectivity index is 2.01. The zero-order chi connectivity index (χ0) is 13.2. The monoisotopic (exact) mass is 271 g/mol. The van der Waals surface area contributed by atoms with E-state index in [4.69, 9.17) is 11.6 Å². The summed E-state index contributed by atoms with van der Waals surface area (Å²) in [5, 5.41) is 1.04. The van der Waals surface area contributed by atoms with Crippen LogP contribution in [0.1, 0.15) is 5.56 Å². The van der Waals surface area contributed by atoms with E-state index in [-0.39, 0.29) is 10.7 Å². The maximum Gasteiger partial charge on any atom is 0.288 e. The number of hydrogen-bond donors (Lipinski definition) is 0. The Morgan fingerprint density at radius 1 is 1.16 bits per heavy atom. The van der Waals surface area contributed by atoms with E-state index in [1.54, 1.807) is 12.4 Å². The van der Waals surface area contributed by atoms with Crippen molar-refractivity contribution in [3.8, 4) is 0 Å². The Bertz CT molecular complexity index is 798. The van der Waals surface area contributed by atoms with Crippen LogP contribution in [0.2, 0.25) is 5.15 Å². The number of aromatic nitrogens is 3. The molecule has 0 aliphatic heterocycles. The predicted octanol–water partition coefficient (Wildman–Crippen LogP) is 2.49. The molecule has 3 rings (SSSR count). The molecule has 0 saturated heterocycles. The minimum absolute atomic E-state index is 0.00930. The average molecular weight is 272 g/mol. The van der Waals surface area contributed by atoms with Crippen molar-refractivity contribution in [3.05, 3.63) is 70.0 Å². The minimum Gasteiger partial charge on any atom is -0.307 e. The molecule has 1 aromatic carbocycles. The molecule has 0 fully saturated rings. The van der Waals surface area contributed by atoms with Crippen LogP contribution in [-0.2, 0) is 6.54 Å². The molecule has 0 unspecified atom stereocenters. The molecule has 0 saturated carbocycles. The predicted molar refractivity (Wildman–Crippen MR) is 74.4 cm³/mol. The van der Waals surface area contributed by atoms with Crippen LogP contribution >= 0.6 is 11.6 Å². The van der Waals surface area contributed by atoms with Crippen LogP contribution in [-0.4, -0.2) is 14.5 Å². The van der Waals surface area contributed by atoms with Gasteiger partial charge < -0.3 is 4.57 Å². The average Bonchev–Trinajstić information content (AvgIpc) is 2.44. The first-order valence-electron chi connectivity index (χ1n) is 5.79. The van der Waals surface area contributed by atoms with E-state index in [1.807, 2.05) is 30.3 Å². The second-order valence-electron chi connectivity index (χ2n) is 4.18. The van der Waals surface area contributed by atoms with Crippen molar-refractivity contribution in [1.82, 2.24) is 14.5 Å². The van der Waals surface area contributed by atoms with E-state index in [0.29, 0.717) is 6.54 Å². The number of nitrogens with zero attached hydrogens (tertiary/aromatic N) is 3. The van der Waals surface area contributed by atoms with E-state index in [9.17, 15) is 4.79 Å². The first-order valence-corrected chi connectivity index (χ1v) is 6.16. The van der Waals surface area contributed by atoms with Gasteiger partial charge in [-0.3, -0.25) is 9.78 Å². The normalized spacial score (nSPS) is 10.8. The molecule has 4 nitrogen and oxygen atoms in total. The molecular weight excluding hydrogens is 262 g/mol. The largest absolute Gasteiger partial charge is 0.307 e. The number of benzene rings is 1. The van der Waals surface area contributed by atoms with Crippen molar-refractivity contribution in [1.29, 1.82) is 0 Å². The van der Waals surface area contributed by atoms with Gasteiger partial charge in [-0.1, -0.05) is 23.7 Å². The van der Waals surface area contributed by atoms with E-state index in [1.165, 1.54) is 10.8 Å². The quantitative estimate of drug-likeness (QED) is 0.719. The highest BCUT2D eigenvalue weighted by molar-refractivity contribution is 6.29.